The van der Waals surface area contributed by atoms with Crippen LogP contribution in [0.2, 0.25) is 0 Å². The number of hydrogen-bond acceptors (Lipinski definition) is 6. The number of aromatic nitrogens is 2. The van der Waals surface area contributed by atoms with Gasteiger partial charge in [-0.15, -0.1) is 0 Å². The Labute approximate surface area is 173 Å². The van der Waals surface area contributed by atoms with E-state index in [0.29, 0.717) is 3.97 Å². The van der Waals surface area contributed by atoms with Crippen LogP contribution in [0.1, 0.15) is 11.1 Å². The molecule has 2 heterocycles. The molecule has 0 unspecified atom stereocenters. The van der Waals surface area contributed by atoms with Crippen molar-refractivity contribution in [2.75, 3.05) is 13.3 Å². The highest BCUT2D eigenvalue weighted by Gasteiger charge is 2.28. The van der Waals surface area contributed by atoms with Crippen molar-refractivity contribution in [2.24, 2.45) is 0 Å². The Morgan fingerprint density at radius 1 is 1.10 bits per heavy atom. The Morgan fingerprint density at radius 2 is 1.83 bits per heavy atom. The normalized spacial score (nSPS) is 12.3. The van der Waals surface area contributed by atoms with Crippen molar-refractivity contribution in [3.05, 3.63) is 71.7 Å². The number of benzene rings is 1. The summed E-state index contributed by atoms with van der Waals surface area (Å²) >= 11 is 0. The predicted molar refractivity (Wildman–Crippen MR) is 108 cm³/mol. The lowest BCUT2D eigenvalue weighted by Crippen LogP contribution is -2.15. The van der Waals surface area contributed by atoms with Crippen molar-refractivity contribution in [1.82, 2.24) is 14.3 Å². The molecule has 11 heteroatoms. The zero-order valence-corrected chi connectivity index (χ0v) is 17.8. The van der Waals surface area contributed by atoms with Gasteiger partial charge in [-0.1, -0.05) is 12.1 Å². The van der Waals surface area contributed by atoms with Crippen LogP contribution in [0.15, 0.2) is 53.7 Å². The van der Waals surface area contributed by atoms with E-state index >= 15 is 4.39 Å². The van der Waals surface area contributed by atoms with Crippen LogP contribution in [0.3, 0.4) is 0 Å². The molecule has 0 amide bonds. The zero-order chi connectivity index (χ0) is 22.1. The number of hydrogen-bond donors (Lipinski definition) is 1. The summed E-state index contributed by atoms with van der Waals surface area (Å²) in [7, 11) is -6.21. The molecule has 0 saturated heterocycles. The van der Waals surface area contributed by atoms with Crippen LogP contribution in [0.25, 0.3) is 11.3 Å². The Bertz CT molecular complexity index is 1300. The van der Waals surface area contributed by atoms with Gasteiger partial charge in [0.15, 0.2) is 15.7 Å². The molecule has 0 fully saturated rings. The summed E-state index contributed by atoms with van der Waals surface area (Å²) in [5.74, 6) is -2.27. The molecule has 0 bridgehead atoms. The van der Waals surface area contributed by atoms with Gasteiger partial charge in [0, 0.05) is 30.8 Å². The van der Waals surface area contributed by atoms with Gasteiger partial charge in [0.1, 0.15) is 5.69 Å². The van der Waals surface area contributed by atoms with E-state index in [1.54, 1.807) is 7.05 Å². The molecule has 7 nitrogen and oxygen atoms in total. The predicted octanol–water partition coefficient (Wildman–Crippen LogP) is 2.33. The van der Waals surface area contributed by atoms with Crippen molar-refractivity contribution >= 4 is 19.9 Å². The van der Waals surface area contributed by atoms with E-state index in [1.807, 2.05) is 0 Å². The van der Waals surface area contributed by atoms with E-state index in [1.165, 1.54) is 42.6 Å². The third-order valence-corrected chi connectivity index (χ3v) is 6.76. The first-order valence-corrected chi connectivity index (χ1v) is 12.2. The standard InChI is InChI=1S/C19H19F2N3O4S2/c1-22-10-14-11-24(18(17(14)20)16-7-4-8-23-19(16)21)30(27,28)15-6-3-5-13(9-15)12-29(2,25)26/h3-9,11,22H,10,12H2,1-2H3. The highest BCUT2D eigenvalue weighted by Crippen LogP contribution is 2.32. The minimum Gasteiger partial charge on any atom is -0.316 e. The molecule has 0 aliphatic heterocycles. The maximum absolute atomic E-state index is 15.1. The molecule has 1 N–H and O–H groups in total. The number of pyridine rings is 1. The first kappa shape index (κ1) is 22.1. The molecular weight excluding hydrogens is 436 g/mol. The molecule has 0 saturated carbocycles. The van der Waals surface area contributed by atoms with E-state index in [0.717, 1.165) is 12.5 Å². The van der Waals surface area contributed by atoms with Crippen LogP contribution in [-0.2, 0) is 32.2 Å². The van der Waals surface area contributed by atoms with Crippen LogP contribution < -0.4 is 5.32 Å². The van der Waals surface area contributed by atoms with Gasteiger partial charge >= 0.3 is 0 Å². The molecule has 0 atom stereocenters. The van der Waals surface area contributed by atoms with Crippen molar-refractivity contribution < 1.29 is 25.6 Å². The number of nitrogens with zero attached hydrogens (tertiary/aromatic N) is 2. The molecule has 3 aromatic rings. The molecule has 160 valence electrons. The Balaban J connectivity index is 2.23. The van der Waals surface area contributed by atoms with E-state index in [2.05, 4.69) is 10.3 Å². The maximum Gasteiger partial charge on any atom is 0.268 e. The number of halogens is 2. The summed E-state index contributed by atoms with van der Waals surface area (Å²) in [5.41, 5.74) is -0.519. The molecule has 0 aliphatic rings. The number of rotatable bonds is 7. The SMILES string of the molecule is CNCc1cn(S(=O)(=O)c2cccc(CS(C)(=O)=O)c2)c(-c2cccnc2F)c1F. The quantitative estimate of drug-likeness (QED) is 0.549. The monoisotopic (exact) mass is 455 g/mol. The lowest BCUT2D eigenvalue weighted by atomic mass is 10.2. The molecule has 0 radical (unpaired) electrons. The third kappa shape index (κ3) is 4.42. The second-order valence-corrected chi connectivity index (χ2v) is 10.7. The zero-order valence-electron chi connectivity index (χ0n) is 16.1. The highest BCUT2D eigenvalue weighted by atomic mass is 32.2. The Kier molecular flexibility index (Phi) is 6.06. The van der Waals surface area contributed by atoms with Gasteiger partial charge in [0.2, 0.25) is 5.95 Å². The van der Waals surface area contributed by atoms with Crippen LogP contribution in [0.5, 0.6) is 0 Å². The highest BCUT2D eigenvalue weighted by molar-refractivity contribution is 7.90. The van der Waals surface area contributed by atoms with E-state index in [9.17, 15) is 21.2 Å². The van der Waals surface area contributed by atoms with Crippen LogP contribution in [-0.4, -0.2) is 39.1 Å². The van der Waals surface area contributed by atoms with Gasteiger partial charge in [-0.3, -0.25) is 0 Å². The van der Waals surface area contributed by atoms with Crippen LogP contribution in [0.4, 0.5) is 8.78 Å². The topological polar surface area (TPSA) is 98.1 Å². The van der Waals surface area contributed by atoms with E-state index in [4.69, 9.17) is 0 Å². The second kappa shape index (κ2) is 8.25. The van der Waals surface area contributed by atoms with Gasteiger partial charge in [-0.25, -0.2) is 30.2 Å². The summed E-state index contributed by atoms with van der Waals surface area (Å²) in [6.45, 7) is 0.0113. The average molecular weight is 456 g/mol. The van der Waals surface area contributed by atoms with Gasteiger partial charge in [0.05, 0.1) is 16.2 Å². The number of sulfone groups is 1. The third-order valence-electron chi connectivity index (χ3n) is 4.25. The molecule has 1 aromatic carbocycles. The number of nitrogens with one attached hydrogen (secondary N) is 1. The molecule has 0 aliphatic carbocycles. The lowest BCUT2D eigenvalue weighted by molar-refractivity contribution is 0.574. The minimum atomic E-state index is -4.37. The minimum absolute atomic E-state index is 0.0113. The Morgan fingerprint density at radius 3 is 2.47 bits per heavy atom. The summed E-state index contributed by atoms with van der Waals surface area (Å²) < 4.78 is 79.8. The van der Waals surface area contributed by atoms with Crippen molar-refractivity contribution in [1.29, 1.82) is 0 Å². The molecule has 2 aromatic heterocycles. The summed E-state index contributed by atoms with van der Waals surface area (Å²) in [6.07, 6.45) is 3.27. The summed E-state index contributed by atoms with van der Waals surface area (Å²) in [5, 5.41) is 2.73. The fraction of sp³-hybridized carbons (Fsp3) is 0.211. The first-order chi connectivity index (χ1) is 14.0. The van der Waals surface area contributed by atoms with Crippen LogP contribution in [0, 0.1) is 11.8 Å². The fourth-order valence-corrected chi connectivity index (χ4v) is 5.27. The van der Waals surface area contributed by atoms with Crippen molar-refractivity contribution in [3.63, 3.8) is 0 Å². The lowest BCUT2D eigenvalue weighted by Gasteiger charge is -2.12. The van der Waals surface area contributed by atoms with Gasteiger partial charge in [0.25, 0.3) is 10.0 Å². The smallest absolute Gasteiger partial charge is 0.268 e. The maximum atomic E-state index is 15.1. The van der Waals surface area contributed by atoms with Gasteiger partial charge in [-0.05, 0) is 36.9 Å². The van der Waals surface area contributed by atoms with Gasteiger partial charge in [-0.2, -0.15) is 4.39 Å². The molecule has 0 spiro atoms. The van der Waals surface area contributed by atoms with Crippen LogP contribution >= 0.6 is 0 Å². The van der Waals surface area contributed by atoms with E-state index in [-0.39, 0.29) is 33.9 Å². The molecular formula is C19H19F2N3O4S2. The molecule has 3 rings (SSSR count). The van der Waals surface area contributed by atoms with Crippen molar-refractivity contribution in [3.8, 4) is 11.3 Å². The second-order valence-electron chi connectivity index (χ2n) is 6.71. The largest absolute Gasteiger partial charge is 0.316 e. The fourth-order valence-electron chi connectivity index (χ4n) is 3.03. The summed E-state index contributed by atoms with van der Waals surface area (Å²) in [4.78, 5) is 3.23. The molecule has 30 heavy (non-hydrogen) atoms. The average Bonchev–Trinajstić information content (AvgIpc) is 2.98. The van der Waals surface area contributed by atoms with Gasteiger partial charge < -0.3 is 5.32 Å². The van der Waals surface area contributed by atoms with Crippen molar-refractivity contribution in [2.45, 2.75) is 17.2 Å². The Hall–Kier alpha value is -2.63. The first-order valence-electron chi connectivity index (χ1n) is 8.72. The van der Waals surface area contributed by atoms with E-state index < -0.39 is 37.3 Å². The summed E-state index contributed by atoms with van der Waals surface area (Å²) in [6, 6.07) is 7.94.